The van der Waals surface area contributed by atoms with E-state index in [1.54, 1.807) is 0 Å². The Morgan fingerprint density at radius 3 is 2.19 bits per heavy atom. The SMILES string of the molecule is CCCCNC(=O)C(=O)N(CCO)CCO. The predicted octanol–water partition coefficient (Wildman–Crippen LogP) is -1.28. The Balaban J connectivity index is 4.09. The van der Waals surface area contributed by atoms with E-state index in [0.29, 0.717) is 6.54 Å². The lowest BCUT2D eigenvalue weighted by Crippen LogP contribution is -2.45. The molecule has 0 saturated heterocycles. The van der Waals surface area contributed by atoms with E-state index in [4.69, 9.17) is 10.2 Å². The normalized spacial score (nSPS) is 9.94. The van der Waals surface area contributed by atoms with Crippen LogP contribution in [0.3, 0.4) is 0 Å². The number of aliphatic hydroxyl groups is 2. The van der Waals surface area contributed by atoms with Crippen molar-refractivity contribution < 1.29 is 19.8 Å². The third-order valence-corrected chi connectivity index (χ3v) is 2.04. The van der Waals surface area contributed by atoms with Gasteiger partial charge in [0.25, 0.3) is 0 Å². The van der Waals surface area contributed by atoms with E-state index < -0.39 is 11.8 Å². The Bertz CT molecular complexity index is 215. The molecular formula is C10H20N2O4. The molecule has 0 bridgehead atoms. The van der Waals surface area contributed by atoms with Gasteiger partial charge in [-0.15, -0.1) is 0 Å². The summed E-state index contributed by atoms with van der Waals surface area (Å²) in [6.45, 7) is 2.11. The fourth-order valence-electron chi connectivity index (χ4n) is 1.15. The summed E-state index contributed by atoms with van der Waals surface area (Å²) in [4.78, 5) is 24.0. The first-order valence-electron chi connectivity index (χ1n) is 5.46. The van der Waals surface area contributed by atoms with Crippen LogP contribution in [0.2, 0.25) is 0 Å². The average molecular weight is 232 g/mol. The molecule has 94 valence electrons. The molecule has 2 amide bonds. The summed E-state index contributed by atoms with van der Waals surface area (Å²) in [6.07, 6.45) is 1.75. The number of nitrogens with one attached hydrogen (secondary N) is 1. The zero-order chi connectivity index (χ0) is 12.4. The van der Waals surface area contributed by atoms with Crippen molar-refractivity contribution in [1.29, 1.82) is 0 Å². The van der Waals surface area contributed by atoms with Crippen molar-refractivity contribution in [3.63, 3.8) is 0 Å². The van der Waals surface area contributed by atoms with Gasteiger partial charge in [0.15, 0.2) is 0 Å². The number of nitrogens with zero attached hydrogens (tertiary/aromatic N) is 1. The summed E-state index contributed by atoms with van der Waals surface area (Å²) < 4.78 is 0. The van der Waals surface area contributed by atoms with Gasteiger partial charge in [0.05, 0.1) is 13.2 Å². The van der Waals surface area contributed by atoms with E-state index in [0.717, 1.165) is 17.7 Å². The molecule has 0 spiro atoms. The molecule has 0 aromatic heterocycles. The molecule has 0 aromatic rings. The van der Waals surface area contributed by atoms with Crippen LogP contribution in [0.5, 0.6) is 0 Å². The lowest BCUT2D eigenvalue weighted by molar-refractivity contribution is -0.146. The molecule has 0 saturated carbocycles. The van der Waals surface area contributed by atoms with Crippen LogP contribution in [0, 0.1) is 0 Å². The fraction of sp³-hybridized carbons (Fsp3) is 0.800. The van der Waals surface area contributed by atoms with Crippen molar-refractivity contribution >= 4 is 11.8 Å². The van der Waals surface area contributed by atoms with Crippen LogP contribution in [0.15, 0.2) is 0 Å². The second-order valence-corrected chi connectivity index (χ2v) is 3.35. The van der Waals surface area contributed by atoms with Gasteiger partial charge in [-0.1, -0.05) is 13.3 Å². The lowest BCUT2D eigenvalue weighted by atomic mass is 10.3. The smallest absolute Gasteiger partial charge is 0.312 e. The van der Waals surface area contributed by atoms with E-state index in [2.05, 4.69) is 5.32 Å². The van der Waals surface area contributed by atoms with E-state index in [-0.39, 0.29) is 26.3 Å². The average Bonchev–Trinajstić information content (AvgIpc) is 2.28. The second-order valence-electron chi connectivity index (χ2n) is 3.35. The zero-order valence-corrected chi connectivity index (χ0v) is 9.61. The predicted molar refractivity (Wildman–Crippen MR) is 58.7 cm³/mol. The first-order chi connectivity index (χ1) is 7.67. The molecule has 3 N–H and O–H groups in total. The van der Waals surface area contributed by atoms with Crippen molar-refractivity contribution in [2.24, 2.45) is 0 Å². The van der Waals surface area contributed by atoms with Crippen LogP contribution in [0.4, 0.5) is 0 Å². The molecule has 6 nitrogen and oxygen atoms in total. The van der Waals surface area contributed by atoms with Crippen LogP contribution in [0.1, 0.15) is 19.8 Å². The summed E-state index contributed by atoms with van der Waals surface area (Å²) in [5.74, 6) is -1.39. The molecule has 0 aliphatic heterocycles. The van der Waals surface area contributed by atoms with Gasteiger partial charge >= 0.3 is 11.8 Å². The van der Waals surface area contributed by atoms with Crippen molar-refractivity contribution in [2.75, 3.05) is 32.8 Å². The van der Waals surface area contributed by atoms with Gasteiger partial charge in [0.1, 0.15) is 0 Å². The highest BCUT2D eigenvalue weighted by Crippen LogP contribution is 1.90. The number of hydrogen-bond donors (Lipinski definition) is 3. The van der Waals surface area contributed by atoms with Crippen molar-refractivity contribution in [2.45, 2.75) is 19.8 Å². The Kier molecular flexibility index (Phi) is 8.46. The number of rotatable bonds is 7. The van der Waals surface area contributed by atoms with Crippen molar-refractivity contribution in [3.8, 4) is 0 Å². The number of amides is 2. The van der Waals surface area contributed by atoms with Gasteiger partial charge < -0.3 is 20.4 Å². The first-order valence-corrected chi connectivity index (χ1v) is 5.46. The Morgan fingerprint density at radius 1 is 1.19 bits per heavy atom. The zero-order valence-electron chi connectivity index (χ0n) is 9.61. The highest BCUT2D eigenvalue weighted by molar-refractivity contribution is 6.35. The molecule has 0 aliphatic rings. The highest BCUT2D eigenvalue weighted by atomic mass is 16.3. The van der Waals surface area contributed by atoms with Crippen molar-refractivity contribution in [3.05, 3.63) is 0 Å². The maximum atomic E-state index is 11.5. The minimum absolute atomic E-state index is 0.0561. The van der Waals surface area contributed by atoms with E-state index >= 15 is 0 Å². The monoisotopic (exact) mass is 232 g/mol. The van der Waals surface area contributed by atoms with Gasteiger partial charge in [-0.25, -0.2) is 0 Å². The molecule has 6 heteroatoms. The molecule has 0 heterocycles. The van der Waals surface area contributed by atoms with Crippen molar-refractivity contribution in [1.82, 2.24) is 10.2 Å². The largest absolute Gasteiger partial charge is 0.395 e. The molecule has 0 atom stereocenters. The lowest BCUT2D eigenvalue weighted by Gasteiger charge is -2.19. The van der Waals surface area contributed by atoms with Crippen LogP contribution < -0.4 is 5.32 Å². The Morgan fingerprint density at radius 2 is 1.75 bits per heavy atom. The maximum Gasteiger partial charge on any atom is 0.312 e. The van der Waals surface area contributed by atoms with Crippen LogP contribution >= 0.6 is 0 Å². The quantitative estimate of drug-likeness (QED) is 0.376. The van der Waals surface area contributed by atoms with Crippen LogP contribution in [0.25, 0.3) is 0 Å². The van der Waals surface area contributed by atoms with Gasteiger partial charge in [-0.05, 0) is 6.42 Å². The minimum Gasteiger partial charge on any atom is -0.395 e. The summed E-state index contributed by atoms with van der Waals surface area (Å²) in [7, 11) is 0. The van der Waals surface area contributed by atoms with E-state index in [1.165, 1.54) is 0 Å². The van der Waals surface area contributed by atoms with E-state index in [1.807, 2.05) is 6.92 Å². The Hall–Kier alpha value is -1.14. The maximum absolute atomic E-state index is 11.5. The summed E-state index contributed by atoms with van der Waals surface area (Å²) in [5.41, 5.74) is 0. The second kappa shape index (κ2) is 9.11. The molecule has 16 heavy (non-hydrogen) atoms. The van der Waals surface area contributed by atoms with Gasteiger partial charge in [0, 0.05) is 19.6 Å². The molecule has 0 unspecified atom stereocenters. The van der Waals surface area contributed by atoms with Gasteiger partial charge in [0.2, 0.25) is 0 Å². The van der Waals surface area contributed by atoms with Crippen LogP contribution in [-0.2, 0) is 9.59 Å². The number of carbonyl (C=O) groups excluding carboxylic acids is 2. The fourth-order valence-corrected chi connectivity index (χ4v) is 1.15. The number of hydrogen-bond acceptors (Lipinski definition) is 4. The number of unbranched alkanes of at least 4 members (excludes halogenated alkanes) is 1. The molecular weight excluding hydrogens is 212 g/mol. The summed E-state index contributed by atoms with van der Waals surface area (Å²) in [6, 6.07) is 0. The summed E-state index contributed by atoms with van der Waals surface area (Å²) >= 11 is 0. The number of aliphatic hydroxyl groups excluding tert-OH is 2. The third kappa shape index (κ3) is 5.67. The molecule has 0 rings (SSSR count). The van der Waals surface area contributed by atoms with E-state index in [9.17, 15) is 9.59 Å². The Labute approximate surface area is 95.2 Å². The highest BCUT2D eigenvalue weighted by Gasteiger charge is 2.20. The summed E-state index contributed by atoms with van der Waals surface area (Å²) in [5, 5.41) is 19.9. The molecule has 0 aliphatic carbocycles. The van der Waals surface area contributed by atoms with Crippen LogP contribution in [-0.4, -0.2) is 59.8 Å². The molecule has 0 radical (unpaired) electrons. The van der Waals surface area contributed by atoms with Gasteiger partial charge in [-0.2, -0.15) is 0 Å². The topological polar surface area (TPSA) is 89.9 Å². The minimum atomic E-state index is -0.709. The first kappa shape index (κ1) is 14.9. The number of carbonyl (C=O) groups is 2. The van der Waals surface area contributed by atoms with Gasteiger partial charge in [-0.3, -0.25) is 9.59 Å². The standard InChI is InChI=1S/C10H20N2O4/c1-2-3-4-11-9(15)10(16)12(5-7-13)6-8-14/h13-14H,2-8H2,1H3,(H,11,15). The third-order valence-electron chi connectivity index (χ3n) is 2.04. The molecule has 0 aromatic carbocycles. The molecule has 0 fully saturated rings.